The van der Waals surface area contributed by atoms with Crippen molar-refractivity contribution < 1.29 is 19.3 Å². The number of aromatic nitrogens is 3. The molecule has 0 bridgehead atoms. The van der Waals surface area contributed by atoms with Gasteiger partial charge in [0.05, 0.1) is 7.11 Å². The van der Waals surface area contributed by atoms with E-state index in [2.05, 4.69) is 15.4 Å². The first-order valence-electron chi connectivity index (χ1n) is 6.92. The van der Waals surface area contributed by atoms with E-state index < -0.39 is 0 Å². The molecule has 0 unspecified atom stereocenters. The summed E-state index contributed by atoms with van der Waals surface area (Å²) in [4.78, 5) is 0. The van der Waals surface area contributed by atoms with Crippen LogP contribution in [0, 0.1) is 0 Å². The van der Waals surface area contributed by atoms with Crippen molar-refractivity contribution in [2.45, 2.75) is 0 Å². The van der Waals surface area contributed by atoms with Crippen LogP contribution in [0.15, 0.2) is 36.4 Å². The number of benzene rings is 2. The third kappa shape index (κ3) is 2.22. The molecular weight excluding hydrogens is 298 g/mol. The molecule has 7 nitrogen and oxygen atoms in total. The Morgan fingerprint density at radius 2 is 1.78 bits per heavy atom. The summed E-state index contributed by atoms with van der Waals surface area (Å²) in [5.41, 5.74) is 2.86. The first kappa shape index (κ1) is 13.4. The lowest BCUT2D eigenvalue weighted by Gasteiger charge is -2.08. The number of fused-ring (bicyclic) bond motifs is 1. The SMILES string of the molecule is COc1cc(-c2n[nH]nc2-c2ccc([O-])cc2)cc2c1OCO2. The molecule has 0 radical (unpaired) electrons. The number of hydrogen-bond donors (Lipinski definition) is 1. The van der Waals surface area contributed by atoms with Crippen LogP contribution in [0.25, 0.3) is 22.5 Å². The lowest BCUT2D eigenvalue weighted by Crippen LogP contribution is -1.93. The monoisotopic (exact) mass is 310 g/mol. The quantitative estimate of drug-likeness (QED) is 0.795. The zero-order valence-electron chi connectivity index (χ0n) is 12.2. The molecule has 7 heteroatoms. The van der Waals surface area contributed by atoms with Gasteiger partial charge in [-0.25, -0.2) is 0 Å². The number of hydrogen-bond acceptors (Lipinski definition) is 6. The van der Waals surface area contributed by atoms with Crippen LogP contribution in [0.4, 0.5) is 0 Å². The predicted octanol–water partition coefficient (Wildman–Crippen LogP) is 1.95. The van der Waals surface area contributed by atoms with E-state index in [1.54, 1.807) is 19.2 Å². The van der Waals surface area contributed by atoms with Gasteiger partial charge >= 0.3 is 0 Å². The van der Waals surface area contributed by atoms with E-state index in [1.165, 1.54) is 12.1 Å². The molecule has 2 aromatic carbocycles. The predicted molar refractivity (Wildman–Crippen MR) is 79.4 cm³/mol. The third-order valence-corrected chi connectivity index (χ3v) is 3.61. The van der Waals surface area contributed by atoms with Crippen molar-refractivity contribution in [3.05, 3.63) is 36.4 Å². The van der Waals surface area contributed by atoms with E-state index >= 15 is 0 Å². The summed E-state index contributed by atoms with van der Waals surface area (Å²) in [5, 5.41) is 22.3. The number of ether oxygens (including phenoxy) is 3. The minimum absolute atomic E-state index is 0.0523. The van der Waals surface area contributed by atoms with Crippen LogP contribution in [-0.2, 0) is 0 Å². The summed E-state index contributed by atoms with van der Waals surface area (Å²) in [6.45, 7) is 0.159. The highest BCUT2D eigenvalue weighted by Crippen LogP contribution is 2.44. The number of methoxy groups -OCH3 is 1. The van der Waals surface area contributed by atoms with Crippen molar-refractivity contribution in [1.82, 2.24) is 15.4 Å². The zero-order valence-corrected chi connectivity index (χ0v) is 12.2. The van der Waals surface area contributed by atoms with Gasteiger partial charge in [-0.05, 0) is 12.1 Å². The fourth-order valence-corrected chi connectivity index (χ4v) is 2.51. The highest BCUT2D eigenvalue weighted by molar-refractivity contribution is 5.80. The molecule has 1 aliphatic heterocycles. The summed E-state index contributed by atoms with van der Waals surface area (Å²) in [6.07, 6.45) is 0. The van der Waals surface area contributed by atoms with Gasteiger partial charge in [0.25, 0.3) is 0 Å². The highest BCUT2D eigenvalue weighted by Gasteiger charge is 2.23. The number of nitrogens with zero attached hydrogens (tertiary/aromatic N) is 2. The Labute approximate surface area is 131 Å². The first-order valence-corrected chi connectivity index (χ1v) is 6.92. The highest BCUT2D eigenvalue weighted by atomic mass is 16.7. The van der Waals surface area contributed by atoms with E-state index in [1.807, 2.05) is 12.1 Å². The van der Waals surface area contributed by atoms with Gasteiger partial charge in [0.1, 0.15) is 11.4 Å². The Morgan fingerprint density at radius 1 is 1.04 bits per heavy atom. The number of H-pyrrole nitrogens is 1. The second kappa shape index (κ2) is 5.20. The average molecular weight is 310 g/mol. The lowest BCUT2D eigenvalue weighted by atomic mass is 10.0. The minimum Gasteiger partial charge on any atom is -0.872 e. The Bertz CT molecular complexity index is 858. The van der Waals surface area contributed by atoms with Crippen molar-refractivity contribution in [3.8, 4) is 45.5 Å². The molecule has 4 rings (SSSR count). The molecule has 0 saturated carbocycles. The smallest absolute Gasteiger partial charge is 0.231 e. The molecule has 0 fully saturated rings. The average Bonchev–Trinajstić information content (AvgIpc) is 3.23. The Kier molecular flexibility index (Phi) is 3.04. The maximum atomic E-state index is 11.3. The summed E-state index contributed by atoms with van der Waals surface area (Å²) < 4.78 is 16.2. The van der Waals surface area contributed by atoms with Crippen molar-refractivity contribution in [2.75, 3.05) is 13.9 Å². The van der Waals surface area contributed by atoms with E-state index in [0.717, 1.165) is 11.1 Å². The van der Waals surface area contributed by atoms with Crippen molar-refractivity contribution >= 4 is 0 Å². The van der Waals surface area contributed by atoms with Gasteiger partial charge in [-0.3, -0.25) is 0 Å². The van der Waals surface area contributed by atoms with E-state index in [-0.39, 0.29) is 12.5 Å². The molecule has 3 aromatic rings. The molecule has 0 saturated heterocycles. The molecule has 1 N–H and O–H groups in total. The summed E-state index contributed by atoms with van der Waals surface area (Å²) in [5.74, 6) is 1.70. The number of nitrogens with one attached hydrogen (secondary N) is 1. The van der Waals surface area contributed by atoms with Crippen molar-refractivity contribution in [2.24, 2.45) is 0 Å². The second-order valence-corrected chi connectivity index (χ2v) is 4.96. The van der Waals surface area contributed by atoms with Crippen LogP contribution in [0.2, 0.25) is 0 Å². The van der Waals surface area contributed by atoms with E-state index in [9.17, 15) is 5.11 Å². The fraction of sp³-hybridized carbons (Fsp3) is 0.125. The van der Waals surface area contributed by atoms with Crippen molar-refractivity contribution in [1.29, 1.82) is 0 Å². The minimum atomic E-state index is -0.0523. The summed E-state index contributed by atoms with van der Waals surface area (Å²) >= 11 is 0. The first-order chi connectivity index (χ1) is 11.3. The molecule has 0 spiro atoms. The zero-order chi connectivity index (χ0) is 15.8. The number of rotatable bonds is 3. The maximum Gasteiger partial charge on any atom is 0.231 e. The van der Waals surface area contributed by atoms with Gasteiger partial charge in [-0.15, -0.1) is 5.75 Å². The van der Waals surface area contributed by atoms with E-state index in [4.69, 9.17) is 14.2 Å². The standard InChI is InChI=1S/C16H13N3O4/c1-21-12-6-10(7-13-16(12)23-8-22-13)15-14(17-19-18-15)9-2-4-11(20)5-3-9/h2-7,20H,8H2,1H3,(H,17,18,19)/p-1. The lowest BCUT2D eigenvalue weighted by molar-refractivity contribution is -0.268. The summed E-state index contributed by atoms with van der Waals surface area (Å²) in [7, 11) is 1.57. The molecule has 1 aliphatic rings. The van der Waals surface area contributed by atoms with Gasteiger partial charge in [0, 0.05) is 11.1 Å². The topological polar surface area (TPSA) is 92.3 Å². The second-order valence-electron chi connectivity index (χ2n) is 4.96. The Balaban J connectivity index is 1.83. The van der Waals surface area contributed by atoms with Crippen LogP contribution in [-0.4, -0.2) is 29.3 Å². The van der Waals surface area contributed by atoms with Crippen LogP contribution in [0.3, 0.4) is 0 Å². The molecule has 116 valence electrons. The van der Waals surface area contributed by atoms with Gasteiger partial charge in [0.15, 0.2) is 11.5 Å². The summed E-state index contributed by atoms with van der Waals surface area (Å²) in [6, 6.07) is 10.1. The molecule has 23 heavy (non-hydrogen) atoms. The molecule has 0 amide bonds. The molecular formula is C16H12N3O4-. The maximum absolute atomic E-state index is 11.3. The molecule has 2 heterocycles. The molecule has 0 aliphatic carbocycles. The van der Waals surface area contributed by atoms with Gasteiger partial charge < -0.3 is 19.3 Å². The third-order valence-electron chi connectivity index (χ3n) is 3.61. The Morgan fingerprint density at radius 3 is 2.52 bits per heavy atom. The van der Waals surface area contributed by atoms with Gasteiger partial charge in [-0.2, -0.15) is 15.4 Å². The molecule has 0 atom stereocenters. The normalized spacial score (nSPS) is 12.4. The molecule has 1 aromatic heterocycles. The van der Waals surface area contributed by atoms with E-state index in [0.29, 0.717) is 28.6 Å². The largest absolute Gasteiger partial charge is 0.872 e. The van der Waals surface area contributed by atoms with Crippen LogP contribution in [0.1, 0.15) is 0 Å². The fourth-order valence-electron chi connectivity index (χ4n) is 2.51. The van der Waals surface area contributed by atoms with Gasteiger partial charge in [-0.1, -0.05) is 24.3 Å². The Hall–Kier alpha value is -3.22. The van der Waals surface area contributed by atoms with Crippen LogP contribution in [0.5, 0.6) is 23.0 Å². The van der Waals surface area contributed by atoms with Crippen LogP contribution < -0.4 is 19.3 Å². The van der Waals surface area contributed by atoms with Crippen LogP contribution >= 0.6 is 0 Å². The van der Waals surface area contributed by atoms with Gasteiger partial charge in [0.2, 0.25) is 12.5 Å². The number of aromatic amines is 1. The van der Waals surface area contributed by atoms with Crippen molar-refractivity contribution in [3.63, 3.8) is 0 Å².